The highest BCUT2D eigenvalue weighted by atomic mass is 79.9. The van der Waals surface area contributed by atoms with Crippen LogP contribution < -0.4 is 0 Å². The zero-order chi connectivity index (χ0) is 11.1. The number of hydrogen-bond donors (Lipinski definition) is 1. The van der Waals surface area contributed by atoms with E-state index in [1.165, 1.54) is 11.1 Å². The van der Waals surface area contributed by atoms with Crippen molar-refractivity contribution < 1.29 is 5.11 Å². The van der Waals surface area contributed by atoms with E-state index in [-0.39, 0.29) is 6.10 Å². The van der Waals surface area contributed by atoms with Crippen LogP contribution in [0.3, 0.4) is 0 Å². The monoisotopic (exact) mass is 268 g/mol. The Labute approximate surface area is 100.0 Å². The van der Waals surface area contributed by atoms with Gasteiger partial charge in [0.25, 0.3) is 0 Å². The van der Waals surface area contributed by atoms with Gasteiger partial charge in [-0.15, -0.1) is 0 Å². The molecule has 1 nitrogen and oxygen atoms in total. The number of allylic oxidation sites excluding steroid dienone is 1. The van der Waals surface area contributed by atoms with E-state index >= 15 is 0 Å². The molecule has 0 aromatic heterocycles. The van der Waals surface area contributed by atoms with Gasteiger partial charge in [-0.25, -0.2) is 0 Å². The van der Waals surface area contributed by atoms with Gasteiger partial charge in [0.05, 0.1) is 6.10 Å². The molecular weight excluding hydrogens is 252 g/mol. The third kappa shape index (κ3) is 5.14. The van der Waals surface area contributed by atoms with Crippen molar-refractivity contribution in [3.8, 4) is 0 Å². The largest absolute Gasteiger partial charge is 0.389 e. The minimum absolute atomic E-state index is 0.331. The summed E-state index contributed by atoms with van der Waals surface area (Å²) in [6.45, 7) is 2.01. The van der Waals surface area contributed by atoms with Crippen LogP contribution in [0.4, 0.5) is 0 Å². The molecule has 0 aliphatic carbocycles. The molecule has 82 valence electrons. The average molecular weight is 269 g/mol. The second-order valence-corrected chi connectivity index (χ2v) is 4.30. The quantitative estimate of drug-likeness (QED) is 0.642. The summed E-state index contributed by atoms with van der Waals surface area (Å²) in [6, 6.07) is 10.2. The number of rotatable bonds is 5. The molecule has 1 aromatic rings. The number of aliphatic hydroxyl groups is 1. The van der Waals surface area contributed by atoms with E-state index in [2.05, 4.69) is 28.1 Å². The smallest absolute Gasteiger partial charge is 0.0726 e. The van der Waals surface area contributed by atoms with Crippen molar-refractivity contribution in [2.45, 2.75) is 25.9 Å². The predicted octanol–water partition coefficient (Wildman–Crippen LogP) is 3.32. The standard InChI is InChI=1S/C13H17BrO/c1-11(10-14)9-13(15)8-7-12-5-3-2-4-6-12/h2-6,9,13,15H,7-8,10H2,1H3/b11-9+. The fourth-order valence-electron chi connectivity index (χ4n) is 1.42. The van der Waals surface area contributed by atoms with Gasteiger partial charge in [-0.3, -0.25) is 0 Å². The van der Waals surface area contributed by atoms with Crippen LogP contribution >= 0.6 is 15.9 Å². The summed E-state index contributed by atoms with van der Waals surface area (Å²) in [5, 5.41) is 10.5. The summed E-state index contributed by atoms with van der Waals surface area (Å²) in [4.78, 5) is 0. The maximum absolute atomic E-state index is 9.71. The molecule has 0 bridgehead atoms. The second kappa shape index (κ2) is 6.81. The lowest BCUT2D eigenvalue weighted by Gasteiger charge is -2.06. The molecule has 1 rings (SSSR count). The van der Waals surface area contributed by atoms with Crippen molar-refractivity contribution in [2.75, 3.05) is 5.33 Å². The Morgan fingerprint density at radius 2 is 2.07 bits per heavy atom. The minimum atomic E-state index is -0.331. The topological polar surface area (TPSA) is 20.2 Å². The highest BCUT2D eigenvalue weighted by molar-refractivity contribution is 9.09. The van der Waals surface area contributed by atoms with Crippen LogP contribution in [-0.2, 0) is 6.42 Å². The van der Waals surface area contributed by atoms with Gasteiger partial charge < -0.3 is 5.11 Å². The first-order valence-electron chi connectivity index (χ1n) is 5.17. The fraction of sp³-hybridized carbons (Fsp3) is 0.385. The summed E-state index contributed by atoms with van der Waals surface area (Å²) in [5.74, 6) is 0. The fourth-order valence-corrected chi connectivity index (χ4v) is 1.60. The summed E-state index contributed by atoms with van der Waals surface area (Å²) in [6.07, 6.45) is 3.29. The second-order valence-electron chi connectivity index (χ2n) is 3.74. The maximum atomic E-state index is 9.71. The van der Waals surface area contributed by atoms with Gasteiger partial charge in [0.2, 0.25) is 0 Å². The Bertz CT molecular complexity index is 306. The zero-order valence-corrected chi connectivity index (χ0v) is 10.6. The molecule has 0 fully saturated rings. The lowest BCUT2D eigenvalue weighted by Crippen LogP contribution is -2.05. The van der Waals surface area contributed by atoms with Gasteiger partial charge in [0.1, 0.15) is 0 Å². The van der Waals surface area contributed by atoms with E-state index in [4.69, 9.17) is 0 Å². The Morgan fingerprint density at radius 1 is 1.40 bits per heavy atom. The van der Waals surface area contributed by atoms with Crippen LogP contribution in [-0.4, -0.2) is 16.5 Å². The Hall–Kier alpha value is -0.600. The first-order chi connectivity index (χ1) is 7.22. The number of alkyl halides is 1. The summed E-state index contributed by atoms with van der Waals surface area (Å²) in [5.41, 5.74) is 2.46. The predicted molar refractivity (Wildman–Crippen MR) is 68.3 cm³/mol. The molecule has 0 saturated heterocycles. The Kier molecular flexibility index (Phi) is 5.66. The highest BCUT2D eigenvalue weighted by Crippen LogP contribution is 2.08. The Morgan fingerprint density at radius 3 is 2.67 bits per heavy atom. The van der Waals surface area contributed by atoms with Crippen molar-refractivity contribution in [3.63, 3.8) is 0 Å². The van der Waals surface area contributed by atoms with Gasteiger partial charge in [-0.1, -0.05) is 57.9 Å². The molecule has 0 spiro atoms. The molecule has 0 aliphatic rings. The van der Waals surface area contributed by atoms with Crippen molar-refractivity contribution in [2.24, 2.45) is 0 Å². The molecule has 2 heteroatoms. The third-order valence-corrected chi connectivity index (χ3v) is 3.14. The average Bonchev–Trinajstić information content (AvgIpc) is 2.27. The van der Waals surface area contributed by atoms with Crippen molar-refractivity contribution in [1.82, 2.24) is 0 Å². The number of aliphatic hydroxyl groups excluding tert-OH is 1. The molecule has 1 aromatic carbocycles. The molecule has 15 heavy (non-hydrogen) atoms. The van der Waals surface area contributed by atoms with E-state index in [9.17, 15) is 5.11 Å². The number of aryl methyl sites for hydroxylation is 1. The van der Waals surface area contributed by atoms with Gasteiger partial charge in [-0.2, -0.15) is 0 Å². The molecule has 0 aliphatic heterocycles. The van der Waals surface area contributed by atoms with E-state index in [0.717, 1.165) is 18.2 Å². The van der Waals surface area contributed by atoms with Gasteiger partial charge in [0.15, 0.2) is 0 Å². The highest BCUT2D eigenvalue weighted by Gasteiger charge is 2.01. The van der Waals surface area contributed by atoms with E-state index in [0.29, 0.717) is 0 Å². The van der Waals surface area contributed by atoms with Crippen molar-refractivity contribution in [3.05, 3.63) is 47.5 Å². The van der Waals surface area contributed by atoms with E-state index < -0.39 is 0 Å². The number of benzene rings is 1. The SMILES string of the molecule is C/C(=C\C(O)CCc1ccccc1)CBr. The van der Waals surface area contributed by atoms with Crippen molar-refractivity contribution >= 4 is 15.9 Å². The van der Waals surface area contributed by atoms with Gasteiger partial charge in [-0.05, 0) is 25.3 Å². The van der Waals surface area contributed by atoms with Gasteiger partial charge in [0, 0.05) is 5.33 Å². The van der Waals surface area contributed by atoms with Crippen LogP contribution in [0.1, 0.15) is 18.9 Å². The molecule has 0 heterocycles. The van der Waals surface area contributed by atoms with Crippen LogP contribution in [0.2, 0.25) is 0 Å². The molecule has 1 N–H and O–H groups in total. The number of halogens is 1. The van der Waals surface area contributed by atoms with Crippen LogP contribution in [0.15, 0.2) is 42.0 Å². The van der Waals surface area contributed by atoms with Crippen LogP contribution in [0.25, 0.3) is 0 Å². The molecule has 1 unspecified atom stereocenters. The molecule has 1 atom stereocenters. The Balaban J connectivity index is 2.38. The van der Waals surface area contributed by atoms with E-state index in [1.54, 1.807) is 0 Å². The van der Waals surface area contributed by atoms with Crippen LogP contribution in [0, 0.1) is 0 Å². The minimum Gasteiger partial charge on any atom is -0.389 e. The normalized spacial score (nSPS) is 13.9. The first kappa shape index (κ1) is 12.5. The molecular formula is C13H17BrO. The molecule has 0 saturated carbocycles. The zero-order valence-electron chi connectivity index (χ0n) is 8.99. The van der Waals surface area contributed by atoms with Crippen molar-refractivity contribution in [1.29, 1.82) is 0 Å². The summed E-state index contributed by atoms with van der Waals surface area (Å²) in [7, 11) is 0. The summed E-state index contributed by atoms with van der Waals surface area (Å²) >= 11 is 3.36. The van der Waals surface area contributed by atoms with Gasteiger partial charge >= 0.3 is 0 Å². The maximum Gasteiger partial charge on any atom is 0.0726 e. The van der Waals surface area contributed by atoms with E-state index in [1.807, 2.05) is 31.2 Å². The number of hydrogen-bond acceptors (Lipinski definition) is 1. The third-order valence-electron chi connectivity index (χ3n) is 2.26. The summed E-state index contributed by atoms with van der Waals surface area (Å²) < 4.78 is 0. The first-order valence-corrected chi connectivity index (χ1v) is 6.29. The lowest BCUT2D eigenvalue weighted by molar-refractivity contribution is 0.212. The van der Waals surface area contributed by atoms with Crippen LogP contribution in [0.5, 0.6) is 0 Å². The molecule has 0 radical (unpaired) electrons. The lowest BCUT2D eigenvalue weighted by atomic mass is 10.1. The molecule has 0 amide bonds.